The first-order valence-corrected chi connectivity index (χ1v) is 5.11. The highest BCUT2D eigenvalue weighted by Gasteiger charge is 2.20. The van der Waals surface area contributed by atoms with Crippen LogP contribution in [0.15, 0.2) is 0 Å². The zero-order chi connectivity index (χ0) is 9.68. The summed E-state index contributed by atoms with van der Waals surface area (Å²) in [5.41, 5.74) is 0. The van der Waals surface area contributed by atoms with Gasteiger partial charge in [0.2, 0.25) is 0 Å². The standard InChI is InChI=1S/C10H18O3/c11-9(10(12)13)7-8-5-3-1-2-4-6-8/h8-9,11H,1-7H2,(H,12,13). The van der Waals surface area contributed by atoms with E-state index in [-0.39, 0.29) is 0 Å². The summed E-state index contributed by atoms with van der Waals surface area (Å²) in [6.07, 6.45) is 6.38. The van der Waals surface area contributed by atoms with E-state index in [9.17, 15) is 9.90 Å². The van der Waals surface area contributed by atoms with Gasteiger partial charge in [-0.3, -0.25) is 0 Å². The minimum atomic E-state index is -1.15. The molecule has 1 unspecified atom stereocenters. The van der Waals surface area contributed by atoms with E-state index in [4.69, 9.17) is 5.11 Å². The molecule has 0 aliphatic heterocycles. The van der Waals surface area contributed by atoms with Crippen molar-refractivity contribution in [3.63, 3.8) is 0 Å². The van der Waals surface area contributed by atoms with Crippen LogP contribution in [0.4, 0.5) is 0 Å². The van der Waals surface area contributed by atoms with Crippen molar-refractivity contribution in [3.05, 3.63) is 0 Å². The third kappa shape index (κ3) is 3.77. The Balaban J connectivity index is 2.29. The van der Waals surface area contributed by atoms with Crippen molar-refractivity contribution in [2.75, 3.05) is 0 Å². The van der Waals surface area contributed by atoms with E-state index < -0.39 is 12.1 Å². The van der Waals surface area contributed by atoms with Gasteiger partial charge in [-0.1, -0.05) is 38.5 Å². The maximum atomic E-state index is 10.4. The summed E-state index contributed by atoms with van der Waals surface area (Å²) in [5, 5.41) is 17.7. The first kappa shape index (κ1) is 10.5. The van der Waals surface area contributed by atoms with E-state index in [1.807, 2.05) is 0 Å². The molecule has 0 spiro atoms. The molecule has 1 atom stereocenters. The van der Waals surface area contributed by atoms with Gasteiger partial charge >= 0.3 is 5.97 Å². The van der Waals surface area contributed by atoms with Crippen molar-refractivity contribution < 1.29 is 15.0 Å². The third-order valence-corrected chi connectivity index (χ3v) is 2.82. The number of rotatable bonds is 3. The second-order valence-corrected chi connectivity index (χ2v) is 3.95. The Morgan fingerprint density at radius 2 is 1.77 bits per heavy atom. The Hall–Kier alpha value is -0.570. The van der Waals surface area contributed by atoms with Gasteiger partial charge in [0.05, 0.1) is 0 Å². The lowest BCUT2D eigenvalue weighted by atomic mass is 9.94. The van der Waals surface area contributed by atoms with Gasteiger partial charge < -0.3 is 10.2 Å². The van der Waals surface area contributed by atoms with Crippen LogP contribution in [0.3, 0.4) is 0 Å². The largest absolute Gasteiger partial charge is 0.479 e. The highest BCUT2D eigenvalue weighted by atomic mass is 16.4. The second kappa shape index (κ2) is 5.22. The van der Waals surface area contributed by atoms with E-state index in [1.54, 1.807) is 0 Å². The molecule has 3 nitrogen and oxygen atoms in total. The van der Waals surface area contributed by atoms with Crippen molar-refractivity contribution in [3.8, 4) is 0 Å². The Bertz CT molecular complexity index is 160. The van der Waals surface area contributed by atoms with Gasteiger partial charge in [-0.2, -0.15) is 0 Å². The minimum absolute atomic E-state index is 0.425. The van der Waals surface area contributed by atoms with Gasteiger partial charge in [0.1, 0.15) is 0 Å². The van der Waals surface area contributed by atoms with Crippen LogP contribution in [0.1, 0.15) is 44.9 Å². The SMILES string of the molecule is O=C(O)C(O)CC1CCCCCC1. The summed E-state index contributed by atoms with van der Waals surface area (Å²) in [7, 11) is 0. The number of hydrogen-bond acceptors (Lipinski definition) is 2. The number of hydrogen-bond donors (Lipinski definition) is 2. The number of carboxylic acids is 1. The van der Waals surface area contributed by atoms with E-state index in [2.05, 4.69) is 0 Å². The Labute approximate surface area is 78.8 Å². The summed E-state index contributed by atoms with van der Waals surface area (Å²) in [5.74, 6) is -0.655. The molecule has 0 aromatic rings. The summed E-state index contributed by atoms with van der Waals surface area (Å²) in [6, 6.07) is 0. The summed E-state index contributed by atoms with van der Waals surface area (Å²) >= 11 is 0. The zero-order valence-corrected chi connectivity index (χ0v) is 7.91. The molecule has 1 rings (SSSR count). The first-order valence-electron chi connectivity index (χ1n) is 5.11. The molecule has 2 N–H and O–H groups in total. The lowest BCUT2D eigenvalue weighted by molar-refractivity contribution is -0.147. The number of aliphatic hydroxyl groups is 1. The van der Waals surface area contributed by atoms with Gasteiger partial charge in [0, 0.05) is 0 Å². The van der Waals surface area contributed by atoms with E-state index in [1.165, 1.54) is 25.7 Å². The molecule has 1 aliphatic rings. The topological polar surface area (TPSA) is 57.5 Å². The lowest BCUT2D eigenvalue weighted by Gasteiger charge is -2.15. The molecule has 0 aromatic carbocycles. The molecule has 0 heterocycles. The fourth-order valence-electron chi connectivity index (χ4n) is 2.02. The van der Waals surface area contributed by atoms with Gasteiger partial charge in [-0.25, -0.2) is 4.79 Å². The minimum Gasteiger partial charge on any atom is -0.479 e. The van der Waals surface area contributed by atoms with E-state index in [0.29, 0.717) is 12.3 Å². The summed E-state index contributed by atoms with van der Waals surface area (Å²) in [4.78, 5) is 10.4. The van der Waals surface area contributed by atoms with Gasteiger partial charge in [-0.15, -0.1) is 0 Å². The van der Waals surface area contributed by atoms with Crippen LogP contribution in [0, 0.1) is 5.92 Å². The number of aliphatic carboxylic acids is 1. The third-order valence-electron chi connectivity index (χ3n) is 2.82. The monoisotopic (exact) mass is 186 g/mol. The summed E-state index contributed by atoms with van der Waals surface area (Å²) < 4.78 is 0. The van der Waals surface area contributed by atoms with Gasteiger partial charge in [0.15, 0.2) is 6.10 Å². The first-order chi connectivity index (χ1) is 6.20. The van der Waals surface area contributed by atoms with Crippen molar-refractivity contribution in [1.29, 1.82) is 0 Å². The Kier molecular flexibility index (Phi) is 4.22. The molecule has 0 bridgehead atoms. The van der Waals surface area contributed by atoms with E-state index in [0.717, 1.165) is 12.8 Å². The van der Waals surface area contributed by atoms with E-state index >= 15 is 0 Å². The molecular weight excluding hydrogens is 168 g/mol. The maximum Gasteiger partial charge on any atom is 0.332 e. The molecule has 3 heteroatoms. The molecule has 0 radical (unpaired) electrons. The predicted octanol–water partition coefficient (Wildman–Crippen LogP) is 1.79. The predicted molar refractivity (Wildman–Crippen MR) is 49.5 cm³/mol. The van der Waals surface area contributed by atoms with Gasteiger partial charge in [0.25, 0.3) is 0 Å². The number of carboxylic acid groups (broad SMARTS) is 1. The smallest absolute Gasteiger partial charge is 0.332 e. The highest BCUT2D eigenvalue weighted by Crippen LogP contribution is 2.26. The fourth-order valence-corrected chi connectivity index (χ4v) is 2.02. The van der Waals surface area contributed by atoms with Crippen molar-refractivity contribution >= 4 is 5.97 Å². The normalized spacial score (nSPS) is 22.2. The molecule has 0 amide bonds. The van der Waals surface area contributed by atoms with Crippen LogP contribution in [0.5, 0.6) is 0 Å². The van der Waals surface area contributed by atoms with Crippen LogP contribution in [0.2, 0.25) is 0 Å². The molecule has 13 heavy (non-hydrogen) atoms. The molecule has 1 fully saturated rings. The Morgan fingerprint density at radius 1 is 1.23 bits per heavy atom. The quantitative estimate of drug-likeness (QED) is 0.661. The molecule has 76 valence electrons. The van der Waals surface area contributed by atoms with Gasteiger partial charge in [-0.05, 0) is 12.3 Å². The van der Waals surface area contributed by atoms with Crippen LogP contribution in [-0.2, 0) is 4.79 Å². The second-order valence-electron chi connectivity index (χ2n) is 3.95. The van der Waals surface area contributed by atoms with Crippen LogP contribution in [0.25, 0.3) is 0 Å². The highest BCUT2D eigenvalue weighted by molar-refractivity contribution is 5.71. The molecule has 1 saturated carbocycles. The van der Waals surface area contributed by atoms with Crippen molar-refractivity contribution in [1.82, 2.24) is 0 Å². The molecule has 0 saturated heterocycles. The molecule has 0 aromatic heterocycles. The summed E-state index contributed by atoms with van der Waals surface area (Å²) in [6.45, 7) is 0. The molecule has 1 aliphatic carbocycles. The average molecular weight is 186 g/mol. The average Bonchev–Trinajstić information content (AvgIpc) is 2.32. The number of aliphatic hydroxyl groups excluding tert-OH is 1. The lowest BCUT2D eigenvalue weighted by Crippen LogP contribution is -2.22. The fraction of sp³-hybridized carbons (Fsp3) is 0.900. The zero-order valence-electron chi connectivity index (χ0n) is 7.91. The van der Waals surface area contributed by atoms with Crippen LogP contribution < -0.4 is 0 Å². The molecular formula is C10H18O3. The van der Waals surface area contributed by atoms with Crippen LogP contribution >= 0.6 is 0 Å². The maximum absolute atomic E-state index is 10.4. The number of carbonyl (C=O) groups is 1. The van der Waals surface area contributed by atoms with Crippen LogP contribution in [-0.4, -0.2) is 22.3 Å². The van der Waals surface area contributed by atoms with Crippen molar-refractivity contribution in [2.24, 2.45) is 5.92 Å². The Morgan fingerprint density at radius 3 is 2.23 bits per heavy atom. The van der Waals surface area contributed by atoms with Crippen molar-refractivity contribution in [2.45, 2.75) is 51.0 Å².